The van der Waals surface area contributed by atoms with Crippen molar-refractivity contribution in [1.82, 2.24) is 17.7 Å². The van der Waals surface area contributed by atoms with E-state index in [4.69, 9.17) is 5.73 Å². The Balaban J connectivity index is 3.03. The minimum atomic E-state index is -0.312. The Morgan fingerprint density at radius 3 is 3.17 bits per heavy atom. The normalized spacial score (nSPS) is 10.8. The van der Waals surface area contributed by atoms with E-state index in [-0.39, 0.29) is 11.5 Å². The van der Waals surface area contributed by atoms with E-state index >= 15 is 0 Å². The van der Waals surface area contributed by atoms with Gasteiger partial charge in [0.15, 0.2) is 11.2 Å². The number of aromatic nitrogens is 4. The van der Waals surface area contributed by atoms with Gasteiger partial charge in [-0.2, -0.15) is 4.98 Å². The number of nitrogens with zero attached hydrogens (tertiary/aromatic N) is 3. The zero-order valence-electron chi connectivity index (χ0n) is 5.78. The van der Waals surface area contributed by atoms with Crippen molar-refractivity contribution in [2.75, 3.05) is 5.73 Å². The van der Waals surface area contributed by atoms with Crippen molar-refractivity contribution in [3.63, 3.8) is 0 Å². The summed E-state index contributed by atoms with van der Waals surface area (Å²) in [6.45, 7) is 0. The third kappa shape index (κ3) is 0.967. The fourth-order valence-corrected chi connectivity index (χ4v) is 1.36. The number of imidazole rings is 1. The molecule has 0 saturated carbocycles. The van der Waals surface area contributed by atoms with Gasteiger partial charge in [0.2, 0.25) is 5.95 Å². The van der Waals surface area contributed by atoms with Gasteiger partial charge >= 0.3 is 0 Å². The van der Waals surface area contributed by atoms with E-state index in [9.17, 15) is 4.79 Å². The number of rotatable bonds is 0. The van der Waals surface area contributed by atoms with E-state index < -0.39 is 0 Å². The predicted molar refractivity (Wildman–Crippen MR) is 52.0 cm³/mol. The van der Waals surface area contributed by atoms with Crippen LogP contribution >= 0.6 is 22.9 Å². The zero-order chi connectivity index (χ0) is 8.72. The molecule has 12 heavy (non-hydrogen) atoms. The number of halogens is 1. The lowest BCUT2D eigenvalue weighted by Gasteiger charge is -1.92. The summed E-state index contributed by atoms with van der Waals surface area (Å²) in [5, 5.41) is 0. The molecule has 2 rings (SSSR count). The van der Waals surface area contributed by atoms with Crippen LogP contribution in [0.4, 0.5) is 5.95 Å². The Labute approximate surface area is 80.3 Å². The van der Waals surface area contributed by atoms with Gasteiger partial charge < -0.3 is 5.73 Å². The molecule has 0 radical (unpaired) electrons. The number of anilines is 1. The van der Waals surface area contributed by atoms with Crippen LogP contribution in [0.15, 0.2) is 11.1 Å². The Bertz CT molecular complexity index is 486. The lowest BCUT2D eigenvalue weighted by Crippen LogP contribution is -2.11. The number of nitrogens with two attached hydrogens (primary N) is 1. The van der Waals surface area contributed by atoms with Crippen molar-refractivity contribution in [3.8, 4) is 0 Å². The van der Waals surface area contributed by atoms with Crippen molar-refractivity contribution in [1.29, 1.82) is 0 Å². The SMILES string of the molecule is Nc1nc2c(ncn2I)c(=O)[nH]1. The first kappa shape index (κ1) is 7.53. The molecule has 7 heteroatoms. The molecule has 0 unspecified atom stereocenters. The van der Waals surface area contributed by atoms with Crippen LogP contribution in [0.1, 0.15) is 0 Å². The van der Waals surface area contributed by atoms with Crippen LogP contribution in [0, 0.1) is 0 Å². The summed E-state index contributed by atoms with van der Waals surface area (Å²) in [5.41, 5.74) is 5.82. The average molecular weight is 277 g/mol. The summed E-state index contributed by atoms with van der Waals surface area (Å²) in [6, 6.07) is 0. The van der Waals surface area contributed by atoms with Crippen LogP contribution < -0.4 is 11.3 Å². The van der Waals surface area contributed by atoms with Crippen LogP contribution in [0.2, 0.25) is 0 Å². The first-order valence-corrected chi connectivity index (χ1v) is 4.04. The van der Waals surface area contributed by atoms with Gasteiger partial charge in [0.1, 0.15) is 6.33 Å². The minimum absolute atomic E-state index is 0.103. The topological polar surface area (TPSA) is 89.6 Å². The van der Waals surface area contributed by atoms with E-state index in [1.54, 1.807) is 2.78 Å². The molecule has 0 aliphatic carbocycles. The van der Waals surface area contributed by atoms with Crippen molar-refractivity contribution >= 4 is 40.0 Å². The molecule has 0 fully saturated rings. The molecular weight excluding hydrogens is 273 g/mol. The first-order valence-electron chi connectivity index (χ1n) is 3.07. The van der Waals surface area contributed by atoms with Crippen LogP contribution in [-0.4, -0.2) is 17.7 Å². The Morgan fingerprint density at radius 1 is 1.67 bits per heavy atom. The summed E-state index contributed by atoms with van der Waals surface area (Å²) in [6.07, 6.45) is 1.51. The summed E-state index contributed by atoms with van der Waals surface area (Å²) >= 11 is 1.97. The molecule has 0 atom stereocenters. The van der Waals surface area contributed by atoms with Gasteiger partial charge in [-0.25, -0.2) is 4.98 Å². The fraction of sp³-hybridized carbons (Fsp3) is 0. The Morgan fingerprint density at radius 2 is 2.42 bits per heavy atom. The second kappa shape index (κ2) is 2.44. The molecule has 2 aromatic rings. The second-order valence-electron chi connectivity index (χ2n) is 2.18. The number of nitrogen functional groups attached to an aromatic ring is 1. The highest BCUT2D eigenvalue weighted by molar-refractivity contribution is 14.1. The molecule has 0 spiro atoms. The van der Waals surface area contributed by atoms with Crippen molar-refractivity contribution in [3.05, 3.63) is 16.7 Å². The molecule has 3 N–H and O–H groups in total. The maximum Gasteiger partial charge on any atom is 0.280 e. The molecule has 0 aliphatic rings. The van der Waals surface area contributed by atoms with Crippen molar-refractivity contribution < 1.29 is 0 Å². The second-order valence-corrected chi connectivity index (χ2v) is 3.22. The van der Waals surface area contributed by atoms with Gasteiger partial charge in [0.25, 0.3) is 5.56 Å². The number of fused-ring (bicyclic) bond motifs is 1. The molecule has 0 aliphatic heterocycles. The summed E-state index contributed by atoms with van der Waals surface area (Å²) in [5.74, 6) is 0.103. The number of hydrogen-bond donors (Lipinski definition) is 2. The molecule has 0 saturated heterocycles. The van der Waals surface area contributed by atoms with E-state index in [1.165, 1.54) is 6.33 Å². The lowest BCUT2D eigenvalue weighted by atomic mass is 10.5. The van der Waals surface area contributed by atoms with Crippen molar-refractivity contribution in [2.24, 2.45) is 0 Å². The zero-order valence-corrected chi connectivity index (χ0v) is 7.94. The highest BCUT2D eigenvalue weighted by Gasteiger charge is 2.06. The van der Waals surface area contributed by atoms with Crippen molar-refractivity contribution in [2.45, 2.75) is 0 Å². The standard InChI is InChI=1S/C5H4IN5O/c6-11-1-8-2-3(11)9-5(7)10-4(2)12/h1H,(H3,7,9,10,12). The summed E-state index contributed by atoms with van der Waals surface area (Å²) < 4.78 is 1.61. The van der Waals surface area contributed by atoms with Crippen LogP contribution in [0.3, 0.4) is 0 Å². The Hall–Kier alpha value is -1.12. The van der Waals surface area contributed by atoms with Gasteiger partial charge in [-0.05, 0) is 0 Å². The van der Waals surface area contributed by atoms with Gasteiger partial charge in [-0.15, -0.1) is 0 Å². The lowest BCUT2D eigenvalue weighted by molar-refractivity contribution is 1.17. The van der Waals surface area contributed by atoms with Crippen LogP contribution in [-0.2, 0) is 0 Å². The van der Waals surface area contributed by atoms with E-state index in [0.29, 0.717) is 11.2 Å². The molecule has 0 aromatic carbocycles. The summed E-state index contributed by atoms with van der Waals surface area (Å²) in [4.78, 5) is 21.3. The smallest absolute Gasteiger partial charge is 0.280 e. The highest BCUT2D eigenvalue weighted by atomic mass is 127. The Kier molecular flexibility index (Phi) is 1.53. The van der Waals surface area contributed by atoms with Crippen LogP contribution in [0.25, 0.3) is 11.2 Å². The van der Waals surface area contributed by atoms with Crippen LogP contribution in [0.5, 0.6) is 0 Å². The molecule has 2 aromatic heterocycles. The predicted octanol–water partition coefficient (Wildman–Crippen LogP) is -0.100. The average Bonchev–Trinajstić information content (AvgIpc) is 2.33. The van der Waals surface area contributed by atoms with E-state index in [2.05, 4.69) is 15.0 Å². The summed E-state index contributed by atoms with van der Waals surface area (Å²) in [7, 11) is 0. The molecule has 0 bridgehead atoms. The quantitative estimate of drug-likeness (QED) is 0.658. The fourth-order valence-electron chi connectivity index (χ4n) is 0.900. The largest absolute Gasteiger partial charge is 0.369 e. The number of H-pyrrole nitrogens is 1. The molecule has 6 nitrogen and oxygen atoms in total. The molecule has 62 valence electrons. The van der Waals surface area contributed by atoms with E-state index in [0.717, 1.165) is 0 Å². The van der Waals surface area contributed by atoms with Gasteiger partial charge in [-0.3, -0.25) is 12.6 Å². The molecule has 2 heterocycles. The monoisotopic (exact) mass is 277 g/mol. The van der Waals surface area contributed by atoms with Gasteiger partial charge in [0.05, 0.1) is 22.9 Å². The number of aromatic amines is 1. The minimum Gasteiger partial charge on any atom is -0.369 e. The third-order valence-electron chi connectivity index (χ3n) is 1.39. The molecular formula is C5H4IN5O. The third-order valence-corrected chi connectivity index (χ3v) is 2.09. The van der Waals surface area contributed by atoms with E-state index in [1.807, 2.05) is 22.9 Å². The first-order chi connectivity index (χ1) is 5.68. The highest BCUT2D eigenvalue weighted by Crippen LogP contribution is 2.08. The number of hydrogen-bond acceptors (Lipinski definition) is 4. The van der Waals surface area contributed by atoms with Gasteiger partial charge in [-0.1, -0.05) is 0 Å². The maximum atomic E-state index is 11.2. The van der Waals surface area contributed by atoms with Gasteiger partial charge in [0, 0.05) is 0 Å². The number of nitrogens with one attached hydrogen (secondary N) is 1. The molecule has 0 amide bonds. The maximum absolute atomic E-state index is 11.2.